The van der Waals surface area contributed by atoms with E-state index < -0.39 is 18.0 Å². The van der Waals surface area contributed by atoms with E-state index in [1.807, 2.05) is 42.5 Å². The number of rotatable bonds is 6. The van der Waals surface area contributed by atoms with E-state index in [0.29, 0.717) is 18.2 Å². The second-order valence-corrected chi connectivity index (χ2v) is 7.22. The van der Waals surface area contributed by atoms with Crippen LogP contribution < -0.4 is 0 Å². The van der Waals surface area contributed by atoms with Crippen LogP contribution in [0.25, 0.3) is 0 Å². The highest BCUT2D eigenvalue weighted by atomic mass is 35.5. The van der Waals surface area contributed by atoms with Crippen LogP contribution in [-0.4, -0.2) is 41.1 Å². The number of carboxylic acids is 1. The predicted molar refractivity (Wildman–Crippen MR) is 103 cm³/mol. The minimum absolute atomic E-state index is 0.181. The Labute approximate surface area is 163 Å². The molecule has 1 aliphatic rings. The number of carboxylic acid groups (broad SMARTS) is 1. The average Bonchev–Trinajstić information content (AvgIpc) is 3.12. The largest absolute Gasteiger partial charge is 0.481 e. The summed E-state index contributed by atoms with van der Waals surface area (Å²) in [5.41, 5.74) is 1.86. The van der Waals surface area contributed by atoms with Gasteiger partial charge in [-0.2, -0.15) is 0 Å². The monoisotopic (exact) mass is 387 g/mol. The minimum Gasteiger partial charge on any atom is -0.481 e. The van der Waals surface area contributed by atoms with Gasteiger partial charge >= 0.3 is 5.97 Å². The van der Waals surface area contributed by atoms with Gasteiger partial charge in [0.05, 0.1) is 12.5 Å². The lowest BCUT2D eigenvalue weighted by Crippen LogP contribution is -2.38. The molecule has 0 bridgehead atoms. The Balaban J connectivity index is 1.66. The Bertz CT molecular complexity index is 794. The van der Waals surface area contributed by atoms with E-state index in [1.54, 1.807) is 24.0 Å². The van der Waals surface area contributed by atoms with Crippen molar-refractivity contribution < 1.29 is 19.4 Å². The van der Waals surface area contributed by atoms with Gasteiger partial charge in [-0.15, -0.1) is 0 Å². The number of nitrogens with zero attached hydrogens (tertiary/aromatic N) is 1. The molecule has 0 spiro atoms. The molecular weight excluding hydrogens is 366 g/mol. The summed E-state index contributed by atoms with van der Waals surface area (Å²) in [5.74, 6) is -1.99. The number of likely N-dealkylation sites (tertiary alicyclic amines) is 1. The minimum atomic E-state index is -0.900. The Morgan fingerprint density at radius 1 is 1.15 bits per heavy atom. The van der Waals surface area contributed by atoms with E-state index >= 15 is 0 Å². The fourth-order valence-corrected chi connectivity index (χ4v) is 3.53. The first-order chi connectivity index (χ1) is 13.0. The van der Waals surface area contributed by atoms with Gasteiger partial charge in [0, 0.05) is 24.0 Å². The van der Waals surface area contributed by atoms with Gasteiger partial charge in [0.2, 0.25) is 0 Å². The van der Waals surface area contributed by atoms with Crippen LogP contribution in [0, 0.1) is 5.92 Å². The number of aliphatic carboxylic acids is 1. The first-order valence-corrected chi connectivity index (χ1v) is 9.26. The molecule has 1 amide bonds. The van der Waals surface area contributed by atoms with Crippen molar-refractivity contribution >= 4 is 23.5 Å². The topological polar surface area (TPSA) is 66.8 Å². The molecule has 0 radical (unpaired) electrons. The van der Waals surface area contributed by atoms with Crippen molar-refractivity contribution in [2.24, 2.45) is 5.92 Å². The molecule has 1 aliphatic heterocycles. The Morgan fingerprint density at radius 2 is 1.81 bits per heavy atom. The quantitative estimate of drug-likeness (QED) is 0.822. The van der Waals surface area contributed by atoms with E-state index in [4.69, 9.17) is 16.3 Å². The molecule has 0 aliphatic carbocycles. The maximum Gasteiger partial charge on any atom is 0.308 e. The summed E-state index contributed by atoms with van der Waals surface area (Å²) in [7, 11) is 0. The van der Waals surface area contributed by atoms with E-state index in [2.05, 4.69) is 0 Å². The van der Waals surface area contributed by atoms with Gasteiger partial charge in [0.15, 0.2) is 0 Å². The molecule has 0 saturated carbocycles. The van der Waals surface area contributed by atoms with Crippen molar-refractivity contribution in [1.29, 1.82) is 0 Å². The van der Waals surface area contributed by atoms with Crippen LogP contribution in [0.5, 0.6) is 0 Å². The Hall–Kier alpha value is -2.37. The maximum atomic E-state index is 12.8. The van der Waals surface area contributed by atoms with Crippen LogP contribution in [0.1, 0.15) is 24.0 Å². The standard InChI is InChI=1S/C21H22ClNO4/c1-14(27-13-15-5-3-2-4-6-15)20(24)23-11-18(19(12-23)21(25)26)16-7-9-17(22)10-8-16/h2-10,14,18-19H,11-13H2,1H3,(H,25,26)/t14?,18-,19+/m0/s1. The normalized spacial score (nSPS) is 20.4. The smallest absolute Gasteiger partial charge is 0.308 e. The van der Waals surface area contributed by atoms with Crippen LogP contribution in [0.4, 0.5) is 0 Å². The van der Waals surface area contributed by atoms with Crippen molar-refractivity contribution in [1.82, 2.24) is 4.90 Å². The first-order valence-electron chi connectivity index (χ1n) is 8.88. The van der Waals surface area contributed by atoms with Gasteiger partial charge in [-0.1, -0.05) is 54.1 Å². The lowest BCUT2D eigenvalue weighted by molar-refractivity contribution is -0.144. The molecule has 2 aromatic rings. The number of ether oxygens (including phenoxy) is 1. The summed E-state index contributed by atoms with van der Waals surface area (Å²) in [6.07, 6.45) is -0.636. The molecule has 0 aromatic heterocycles. The highest BCUT2D eigenvalue weighted by Gasteiger charge is 2.41. The number of hydrogen-bond acceptors (Lipinski definition) is 3. The summed E-state index contributed by atoms with van der Waals surface area (Å²) in [5, 5.41) is 10.2. The fraction of sp³-hybridized carbons (Fsp3) is 0.333. The Morgan fingerprint density at radius 3 is 2.44 bits per heavy atom. The molecular formula is C21H22ClNO4. The van der Waals surface area contributed by atoms with Gasteiger partial charge in [-0.05, 0) is 30.2 Å². The van der Waals surface area contributed by atoms with Crippen molar-refractivity contribution in [2.75, 3.05) is 13.1 Å². The molecule has 3 atom stereocenters. The number of carbonyl (C=O) groups excluding carboxylic acids is 1. The van der Waals surface area contributed by atoms with Gasteiger partial charge in [-0.3, -0.25) is 9.59 Å². The predicted octanol–water partition coefficient (Wildman–Crippen LogP) is 3.57. The van der Waals surface area contributed by atoms with Crippen molar-refractivity contribution in [3.8, 4) is 0 Å². The molecule has 1 fully saturated rings. The van der Waals surface area contributed by atoms with E-state index in [-0.39, 0.29) is 18.4 Å². The average molecular weight is 388 g/mol. The van der Waals surface area contributed by atoms with Crippen molar-refractivity contribution in [2.45, 2.75) is 25.6 Å². The van der Waals surface area contributed by atoms with Crippen LogP contribution >= 0.6 is 11.6 Å². The summed E-state index contributed by atoms with van der Waals surface area (Å²) in [6.45, 7) is 2.58. The third kappa shape index (κ3) is 4.67. The van der Waals surface area contributed by atoms with Crippen LogP contribution in [0.15, 0.2) is 54.6 Å². The third-order valence-electron chi connectivity index (χ3n) is 4.94. The molecule has 5 nitrogen and oxygen atoms in total. The molecule has 1 unspecified atom stereocenters. The van der Waals surface area contributed by atoms with E-state index in [1.165, 1.54) is 0 Å². The van der Waals surface area contributed by atoms with Crippen molar-refractivity contribution in [3.63, 3.8) is 0 Å². The van der Waals surface area contributed by atoms with Gasteiger partial charge < -0.3 is 14.7 Å². The molecule has 1 saturated heterocycles. The second-order valence-electron chi connectivity index (χ2n) is 6.78. The number of carbonyl (C=O) groups is 2. The maximum absolute atomic E-state index is 12.8. The van der Waals surface area contributed by atoms with Crippen LogP contribution in [-0.2, 0) is 20.9 Å². The summed E-state index contributed by atoms with van der Waals surface area (Å²) < 4.78 is 5.70. The molecule has 1 heterocycles. The van der Waals surface area contributed by atoms with Gasteiger partial charge in [0.1, 0.15) is 6.10 Å². The summed E-state index contributed by atoms with van der Waals surface area (Å²) in [6, 6.07) is 16.8. The number of benzene rings is 2. The highest BCUT2D eigenvalue weighted by Crippen LogP contribution is 2.34. The highest BCUT2D eigenvalue weighted by molar-refractivity contribution is 6.30. The van der Waals surface area contributed by atoms with Gasteiger partial charge in [-0.25, -0.2) is 0 Å². The molecule has 6 heteroatoms. The molecule has 2 aromatic carbocycles. The fourth-order valence-electron chi connectivity index (χ4n) is 3.41. The van der Waals surface area contributed by atoms with E-state index in [0.717, 1.165) is 11.1 Å². The molecule has 3 rings (SSSR count). The second kappa shape index (κ2) is 8.55. The summed E-state index contributed by atoms with van der Waals surface area (Å²) in [4.78, 5) is 26.0. The first kappa shape index (κ1) is 19.4. The number of amides is 1. The lowest BCUT2D eigenvalue weighted by atomic mass is 9.89. The van der Waals surface area contributed by atoms with E-state index in [9.17, 15) is 14.7 Å². The Kier molecular flexibility index (Phi) is 6.14. The third-order valence-corrected chi connectivity index (χ3v) is 5.19. The van der Waals surface area contributed by atoms with Gasteiger partial charge in [0.25, 0.3) is 5.91 Å². The van der Waals surface area contributed by atoms with Crippen LogP contribution in [0.3, 0.4) is 0 Å². The zero-order chi connectivity index (χ0) is 19.4. The van der Waals surface area contributed by atoms with Crippen LogP contribution in [0.2, 0.25) is 5.02 Å². The zero-order valence-electron chi connectivity index (χ0n) is 15.0. The zero-order valence-corrected chi connectivity index (χ0v) is 15.8. The summed E-state index contributed by atoms with van der Waals surface area (Å²) >= 11 is 5.93. The lowest BCUT2D eigenvalue weighted by Gasteiger charge is -2.21. The number of halogens is 1. The molecule has 1 N–H and O–H groups in total. The number of hydrogen-bond donors (Lipinski definition) is 1. The van der Waals surface area contributed by atoms with Crippen molar-refractivity contribution in [3.05, 3.63) is 70.7 Å². The SMILES string of the molecule is CC(OCc1ccccc1)C(=O)N1C[C@@H](C(=O)O)[C@H](c2ccc(Cl)cc2)C1. The molecule has 142 valence electrons. The molecule has 27 heavy (non-hydrogen) atoms.